The Kier molecular flexibility index (Phi) is 11.3. The number of carbonyl (C=O) groups excluding carboxylic acids is 1. The number of benzene rings is 2. The van der Waals surface area contributed by atoms with Crippen molar-refractivity contribution in [1.82, 2.24) is 14.2 Å². The number of carbonyl (C=O) groups is 1. The van der Waals surface area contributed by atoms with Crippen molar-refractivity contribution in [1.29, 1.82) is 0 Å². The smallest absolute Gasteiger partial charge is 0.461 e. The molecular weight excluding hydrogens is 743 g/mol. The fourth-order valence-corrected chi connectivity index (χ4v) is 7.41. The van der Waals surface area contributed by atoms with Crippen LogP contribution in [-0.2, 0) is 18.8 Å². The van der Waals surface area contributed by atoms with E-state index in [1.54, 1.807) is 0 Å². The number of aliphatic hydroxyl groups is 2. The van der Waals surface area contributed by atoms with Crippen LogP contribution in [0.15, 0.2) is 52.2 Å². The van der Waals surface area contributed by atoms with Crippen LogP contribution < -0.4 is 25.4 Å². The van der Waals surface area contributed by atoms with Crippen LogP contribution in [0.5, 0.6) is 11.5 Å². The zero-order valence-electron chi connectivity index (χ0n) is 26.2. The first-order valence-corrected chi connectivity index (χ1v) is 17.1. The first-order valence-electron chi connectivity index (χ1n) is 15.2. The van der Waals surface area contributed by atoms with Gasteiger partial charge in [0.2, 0.25) is 34.8 Å². The molecule has 278 valence electrons. The van der Waals surface area contributed by atoms with E-state index in [4.69, 9.17) is 30.1 Å². The second kappa shape index (κ2) is 15.0. The van der Waals surface area contributed by atoms with Crippen LogP contribution in [0.25, 0.3) is 0 Å². The van der Waals surface area contributed by atoms with Crippen molar-refractivity contribution < 1.29 is 64.4 Å². The van der Waals surface area contributed by atoms with Gasteiger partial charge in [-0.15, -0.1) is 0 Å². The second-order valence-corrected chi connectivity index (χ2v) is 13.9. The minimum absolute atomic E-state index is 0.0664. The van der Waals surface area contributed by atoms with Crippen LogP contribution in [0, 0.1) is 29.1 Å². The maximum atomic E-state index is 15.2. The van der Waals surface area contributed by atoms with Crippen molar-refractivity contribution in [3.63, 3.8) is 0 Å². The monoisotopic (exact) mass is 771 g/mol. The molecule has 2 aliphatic rings. The van der Waals surface area contributed by atoms with Crippen LogP contribution in [0.4, 0.5) is 26.3 Å². The highest BCUT2D eigenvalue weighted by Crippen LogP contribution is 2.48. The average molecular weight is 772 g/mol. The van der Waals surface area contributed by atoms with E-state index >= 15 is 4.39 Å². The van der Waals surface area contributed by atoms with Gasteiger partial charge in [-0.1, -0.05) is 29.8 Å². The van der Waals surface area contributed by atoms with Gasteiger partial charge in [0.1, 0.15) is 30.1 Å². The molecule has 1 unspecified atom stereocenters. The molecule has 1 aliphatic carbocycles. The molecule has 3 N–H and O–H groups in total. The van der Waals surface area contributed by atoms with E-state index in [-0.39, 0.29) is 31.4 Å². The van der Waals surface area contributed by atoms with Crippen LogP contribution in [-0.4, -0.2) is 61.4 Å². The lowest BCUT2D eigenvalue weighted by Crippen LogP contribution is -2.47. The molecule has 3 aromatic rings. The number of esters is 1. The van der Waals surface area contributed by atoms with Gasteiger partial charge in [-0.05, 0) is 44.7 Å². The molecule has 1 saturated heterocycles. The molecule has 2 fully saturated rings. The summed E-state index contributed by atoms with van der Waals surface area (Å²) in [5.74, 6) is -15.4. The van der Waals surface area contributed by atoms with Gasteiger partial charge < -0.3 is 28.7 Å². The highest BCUT2D eigenvalue weighted by Gasteiger charge is 2.57. The van der Waals surface area contributed by atoms with Gasteiger partial charge in [0.15, 0.2) is 6.23 Å². The molecule has 51 heavy (non-hydrogen) atoms. The predicted octanol–water partition coefficient (Wildman–Crippen LogP) is 4.13. The Hall–Kier alpha value is -3.87. The molecule has 0 bridgehead atoms. The van der Waals surface area contributed by atoms with Gasteiger partial charge in [0, 0.05) is 18.3 Å². The minimum atomic E-state index is -5.17. The van der Waals surface area contributed by atoms with E-state index < -0.39 is 108 Å². The number of ether oxygens (including phenoxy) is 2. The molecule has 2 heterocycles. The highest BCUT2D eigenvalue weighted by atomic mass is 35.5. The Bertz CT molecular complexity index is 1920. The van der Waals surface area contributed by atoms with Crippen LogP contribution in [0.3, 0.4) is 0 Å². The van der Waals surface area contributed by atoms with E-state index in [9.17, 15) is 51.1 Å². The number of aliphatic hydroxyl groups excluding tert-OH is 2. The Morgan fingerprint density at radius 1 is 1.02 bits per heavy atom. The maximum absolute atomic E-state index is 15.2. The molecule has 2 aromatic carbocycles. The standard InChI is InChI=1S/C30H29ClF6N3O10P/c1-14(38-51(46,49-17-5-3-2-4-6-17)50-25-23(35)21(33)20(32)22(34)24(25)36)27(44)47-16-9-7-15(8-10-16)40-19(42)11-12-39(29(40)45)28-30(31,37)26(43)18(13-41)48-28/h2-6,11-12,14-16,18,26,28,41,43H,7-10,13H2,1H3,(H,38,46)/t14-,15?,16?,18+,26+,28+,30+,51?/m0/s1. The summed E-state index contributed by atoms with van der Waals surface area (Å²) in [4.78, 5) is 39.1. The summed E-state index contributed by atoms with van der Waals surface area (Å²) in [5, 5.41) is 18.5. The fraction of sp³-hybridized carbons (Fsp3) is 0.433. The lowest BCUT2D eigenvalue weighted by Gasteiger charge is -2.31. The molecule has 1 aliphatic heterocycles. The van der Waals surface area contributed by atoms with Crippen LogP contribution >= 0.6 is 19.3 Å². The number of nitrogens with one attached hydrogen (secondary N) is 1. The van der Waals surface area contributed by atoms with E-state index in [1.165, 1.54) is 30.3 Å². The zero-order chi connectivity index (χ0) is 37.4. The quantitative estimate of drug-likeness (QED) is 0.0641. The number of para-hydroxylation sites is 1. The largest absolute Gasteiger partial charge is 0.513 e. The lowest BCUT2D eigenvalue weighted by molar-refractivity contribution is -0.152. The lowest BCUT2D eigenvalue weighted by atomic mass is 9.92. The predicted molar refractivity (Wildman–Crippen MR) is 163 cm³/mol. The topological polar surface area (TPSA) is 168 Å². The molecule has 0 radical (unpaired) electrons. The summed E-state index contributed by atoms with van der Waals surface area (Å²) in [6.45, 7) is 0.283. The molecule has 6 atom stereocenters. The number of hydrogen-bond acceptors (Lipinski definition) is 10. The molecule has 0 amide bonds. The number of aromatic nitrogens is 2. The van der Waals surface area contributed by atoms with E-state index in [2.05, 4.69) is 5.09 Å². The van der Waals surface area contributed by atoms with Crippen molar-refractivity contribution in [2.45, 2.75) is 74.4 Å². The summed E-state index contributed by atoms with van der Waals surface area (Å²) in [7, 11) is -5.17. The van der Waals surface area contributed by atoms with Gasteiger partial charge in [0.25, 0.3) is 10.7 Å². The molecule has 21 heteroatoms. The van der Waals surface area contributed by atoms with Gasteiger partial charge in [-0.25, -0.2) is 26.9 Å². The Labute approximate surface area is 288 Å². The summed E-state index contributed by atoms with van der Waals surface area (Å²) >= 11 is 5.82. The molecule has 13 nitrogen and oxygen atoms in total. The maximum Gasteiger partial charge on any atom is 0.513 e. The molecule has 5 rings (SSSR count). The summed E-state index contributed by atoms with van der Waals surface area (Å²) in [5.41, 5.74) is -1.78. The normalized spacial score (nSPS) is 26.7. The number of halogens is 7. The summed E-state index contributed by atoms with van der Waals surface area (Å²) in [6.07, 6.45) is -4.96. The third-order valence-electron chi connectivity index (χ3n) is 8.20. The highest BCUT2D eigenvalue weighted by molar-refractivity contribution is 7.52. The minimum Gasteiger partial charge on any atom is -0.461 e. The first-order chi connectivity index (χ1) is 24.0. The van der Waals surface area contributed by atoms with Crippen molar-refractivity contribution in [2.75, 3.05) is 6.61 Å². The van der Waals surface area contributed by atoms with Gasteiger partial charge in [-0.2, -0.15) is 13.9 Å². The Balaban J connectivity index is 1.28. The van der Waals surface area contributed by atoms with E-state index in [0.717, 1.165) is 23.8 Å². The Morgan fingerprint density at radius 3 is 2.18 bits per heavy atom. The number of alkyl halides is 2. The van der Waals surface area contributed by atoms with E-state index in [1.807, 2.05) is 0 Å². The molecule has 0 spiro atoms. The van der Waals surface area contributed by atoms with Gasteiger partial charge in [0.05, 0.1) is 6.61 Å². The van der Waals surface area contributed by atoms with Gasteiger partial charge >= 0.3 is 19.4 Å². The summed E-state index contributed by atoms with van der Waals surface area (Å²) in [6, 6.07) is 5.32. The molecule has 1 aromatic heterocycles. The third-order valence-corrected chi connectivity index (χ3v) is 10.2. The van der Waals surface area contributed by atoms with E-state index in [0.29, 0.717) is 4.57 Å². The second-order valence-electron chi connectivity index (χ2n) is 11.7. The van der Waals surface area contributed by atoms with Crippen molar-refractivity contribution in [3.05, 3.63) is 92.5 Å². The number of hydrogen-bond donors (Lipinski definition) is 3. The zero-order valence-corrected chi connectivity index (χ0v) is 27.8. The van der Waals surface area contributed by atoms with Crippen molar-refractivity contribution in [2.24, 2.45) is 0 Å². The van der Waals surface area contributed by atoms with Crippen LogP contribution in [0.2, 0.25) is 0 Å². The van der Waals surface area contributed by atoms with Gasteiger partial charge in [-0.3, -0.25) is 18.7 Å². The van der Waals surface area contributed by atoms with Crippen LogP contribution in [0.1, 0.15) is 44.9 Å². The third kappa shape index (κ3) is 7.68. The van der Waals surface area contributed by atoms with Crippen molar-refractivity contribution >= 4 is 25.3 Å². The SMILES string of the molecule is C[C@H](NP(=O)(Oc1ccccc1)Oc1c(F)c(F)c(F)c(F)c1F)C(=O)OC1CCC(n2c(=O)ccn([C@@H]3O[C@H](CO)[C@@H](O)[C@]3(F)Cl)c2=O)CC1. The fourth-order valence-electron chi connectivity index (χ4n) is 5.59. The molecule has 1 saturated carbocycles. The number of rotatable bonds is 11. The Morgan fingerprint density at radius 2 is 1.61 bits per heavy atom. The number of nitrogens with zero attached hydrogens (tertiary/aromatic N) is 2. The molecular formula is C30H29ClF6N3O10P. The average Bonchev–Trinajstić information content (AvgIpc) is 3.33. The summed E-state index contributed by atoms with van der Waals surface area (Å²) < 4.78 is 121. The first kappa shape index (κ1) is 38.4. The van der Waals surface area contributed by atoms with Crippen molar-refractivity contribution in [3.8, 4) is 11.5 Å².